The molecule has 0 spiro atoms. The van der Waals surface area contributed by atoms with Crippen molar-refractivity contribution in [1.29, 1.82) is 0 Å². The fraction of sp³-hybridized carbons (Fsp3) is 0.625. The number of hydrazine groups is 1. The molecule has 0 aliphatic rings. The van der Waals surface area contributed by atoms with Gasteiger partial charge in [0.15, 0.2) is 0 Å². The zero-order valence-electron chi connectivity index (χ0n) is 12.3. The summed E-state index contributed by atoms with van der Waals surface area (Å²) in [5.41, 5.74) is 7.06. The molecule has 18 heavy (non-hydrogen) atoms. The molecule has 0 aromatic heterocycles. The third-order valence-corrected chi connectivity index (χ3v) is 3.73. The first-order valence-corrected chi connectivity index (χ1v) is 7.17. The molecule has 0 amide bonds. The van der Waals surface area contributed by atoms with Crippen molar-refractivity contribution in [2.75, 3.05) is 0 Å². The van der Waals surface area contributed by atoms with Gasteiger partial charge in [0.1, 0.15) is 0 Å². The van der Waals surface area contributed by atoms with E-state index in [1.807, 2.05) is 0 Å². The highest BCUT2D eigenvalue weighted by atomic mass is 15.2. The SMILES string of the molecule is CCCC(CCC)C(NN)c1ccc(C)cc1C. The second kappa shape index (κ2) is 7.55. The van der Waals surface area contributed by atoms with E-state index < -0.39 is 0 Å². The Kier molecular flexibility index (Phi) is 6.37. The molecule has 2 nitrogen and oxygen atoms in total. The highest BCUT2D eigenvalue weighted by Crippen LogP contribution is 2.31. The first-order chi connectivity index (χ1) is 8.63. The lowest BCUT2D eigenvalue weighted by molar-refractivity contribution is 0.318. The van der Waals surface area contributed by atoms with Gasteiger partial charge in [-0.05, 0) is 43.7 Å². The summed E-state index contributed by atoms with van der Waals surface area (Å²) in [4.78, 5) is 0. The summed E-state index contributed by atoms with van der Waals surface area (Å²) in [6.07, 6.45) is 4.90. The van der Waals surface area contributed by atoms with Gasteiger partial charge in [0.05, 0.1) is 0 Å². The Hall–Kier alpha value is -0.860. The molecule has 0 radical (unpaired) electrons. The molecule has 1 rings (SSSR count). The molecule has 3 N–H and O–H groups in total. The Morgan fingerprint density at radius 1 is 1.11 bits per heavy atom. The van der Waals surface area contributed by atoms with Gasteiger partial charge in [-0.15, -0.1) is 0 Å². The van der Waals surface area contributed by atoms with Gasteiger partial charge < -0.3 is 0 Å². The summed E-state index contributed by atoms with van der Waals surface area (Å²) in [7, 11) is 0. The standard InChI is InChI=1S/C16H28N2/c1-5-7-14(8-6-2)16(18-17)15-10-9-12(3)11-13(15)4/h9-11,14,16,18H,5-8,17H2,1-4H3. The normalized spacial score (nSPS) is 13.0. The van der Waals surface area contributed by atoms with Crippen LogP contribution in [0.4, 0.5) is 0 Å². The van der Waals surface area contributed by atoms with E-state index in [1.165, 1.54) is 42.4 Å². The summed E-state index contributed by atoms with van der Waals surface area (Å²) in [5, 5.41) is 0. The second-order valence-corrected chi connectivity index (χ2v) is 5.34. The maximum absolute atomic E-state index is 5.82. The molecule has 0 saturated carbocycles. The smallest absolute Gasteiger partial charge is 0.0490 e. The molecule has 102 valence electrons. The monoisotopic (exact) mass is 248 g/mol. The Morgan fingerprint density at radius 2 is 1.72 bits per heavy atom. The molecule has 1 aromatic rings. The van der Waals surface area contributed by atoms with Gasteiger partial charge in [-0.25, -0.2) is 0 Å². The van der Waals surface area contributed by atoms with Crippen molar-refractivity contribution in [3.63, 3.8) is 0 Å². The summed E-state index contributed by atoms with van der Waals surface area (Å²) in [6.45, 7) is 8.81. The van der Waals surface area contributed by atoms with Crippen LogP contribution in [0.3, 0.4) is 0 Å². The third-order valence-electron chi connectivity index (χ3n) is 3.73. The highest BCUT2D eigenvalue weighted by Gasteiger charge is 2.22. The maximum atomic E-state index is 5.82. The van der Waals surface area contributed by atoms with Gasteiger partial charge in [0.2, 0.25) is 0 Å². The predicted molar refractivity (Wildman–Crippen MR) is 79.3 cm³/mol. The highest BCUT2D eigenvalue weighted by molar-refractivity contribution is 5.33. The number of nitrogens with one attached hydrogen (secondary N) is 1. The molecule has 1 aromatic carbocycles. The number of hydrogen-bond donors (Lipinski definition) is 2. The maximum Gasteiger partial charge on any atom is 0.0490 e. The number of hydrogen-bond acceptors (Lipinski definition) is 2. The van der Waals surface area contributed by atoms with E-state index in [0.29, 0.717) is 5.92 Å². The molecular weight excluding hydrogens is 220 g/mol. The van der Waals surface area contributed by atoms with Gasteiger partial charge >= 0.3 is 0 Å². The van der Waals surface area contributed by atoms with Crippen LogP contribution in [0, 0.1) is 19.8 Å². The van der Waals surface area contributed by atoms with Crippen molar-refractivity contribution in [2.24, 2.45) is 11.8 Å². The minimum absolute atomic E-state index is 0.283. The van der Waals surface area contributed by atoms with E-state index in [2.05, 4.69) is 51.3 Å². The number of aryl methyl sites for hydroxylation is 2. The number of benzene rings is 1. The van der Waals surface area contributed by atoms with Gasteiger partial charge in [-0.3, -0.25) is 11.3 Å². The van der Waals surface area contributed by atoms with E-state index >= 15 is 0 Å². The third kappa shape index (κ3) is 3.82. The van der Waals surface area contributed by atoms with E-state index in [9.17, 15) is 0 Å². The van der Waals surface area contributed by atoms with Crippen LogP contribution in [0.25, 0.3) is 0 Å². The molecule has 0 aliphatic carbocycles. The van der Waals surface area contributed by atoms with Crippen molar-refractivity contribution in [3.8, 4) is 0 Å². The van der Waals surface area contributed by atoms with E-state index in [-0.39, 0.29) is 6.04 Å². The average Bonchev–Trinajstić information content (AvgIpc) is 2.33. The van der Waals surface area contributed by atoms with Gasteiger partial charge in [-0.1, -0.05) is 50.5 Å². The quantitative estimate of drug-likeness (QED) is 0.565. The van der Waals surface area contributed by atoms with Gasteiger partial charge in [0.25, 0.3) is 0 Å². The molecule has 1 atom stereocenters. The number of rotatable bonds is 7. The summed E-state index contributed by atoms with van der Waals surface area (Å²) >= 11 is 0. The largest absolute Gasteiger partial charge is 0.271 e. The minimum atomic E-state index is 0.283. The van der Waals surface area contributed by atoms with Crippen molar-refractivity contribution in [3.05, 3.63) is 34.9 Å². The van der Waals surface area contributed by atoms with Crippen LogP contribution in [0.15, 0.2) is 18.2 Å². The molecule has 0 bridgehead atoms. The van der Waals surface area contributed by atoms with Crippen molar-refractivity contribution >= 4 is 0 Å². The predicted octanol–water partition coefficient (Wildman–Crippen LogP) is 4.02. The van der Waals surface area contributed by atoms with E-state index in [4.69, 9.17) is 5.84 Å². The Balaban J connectivity index is 2.98. The van der Waals surface area contributed by atoms with E-state index in [1.54, 1.807) is 0 Å². The van der Waals surface area contributed by atoms with Crippen LogP contribution < -0.4 is 11.3 Å². The van der Waals surface area contributed by atoms with Crippen LogP contribution in [-0.2, 0) is 0 Å². The van der Waals surface area contributed by atoms with Crippen molar-refractivity contribution in [2.45, 2.75) is 59.4 Å². The zero-order valence-corrected chi connectivity index (χ0v) is 12.3. The molecule has 0 heterocycles. The molecule has 2 heteroatoms. The molecule has 0 fully saturated rings. The lowest BCUT2D eigenvalue weighted by Crippen LogP contribution is -2.34. The summed E-state index contributed by atoms with van der Waals surface area (Å²) in [5.74, 6) is 6.45. The fourth-order valence-corrected chi connectivity index (χ4v) is 2.87. The van der Waals surface area contributed by atoms with E-state index in [0.717, 1.165) is 0 Å². The Bertz CT molecular complexity index is 354. The molecule has 0 saturated heterocycles. The summed E-state index contributed by atoms with van der Waals surface area (Å²) in [6, 6.07) is 6.94. The first-order valence-electron chi connectivity index (χ1n) is 7.17. The average molecular weight is 248 g/mol. The van der Waals surface area contributed by atoms with Crippen molar-refractivity contribution < 1.29 is 0 Å². The second-order valence-electron chi connectivity index (χ2n) is 5.34. The van der Waals surface area contributed by atoms with Crippen LogP contribution in [-0.4, -0.2) is 0 Å². The van der Waals surface area contributed by atoms with Gasteiger partial charge in [0, 0.05) is 6.04 Å². The number of nitrogens with two attached hydrogens (primary N) is 1. The van der Waals surface area contributed by atoms with Crippen LogP contribution in [0.5, 0.6) is 0 Å². The Labute approximate surface area is 112 Å². The fourth-order valence-electron chi connectivity index (χ4n) is 2.87. The zero-order chi connectivity index (χ0) is 13.5. The lowest BCUT2D eigenvalue weighted by Gasteiger charge is -2.28. The topological polar surface area (TPSA) is 38.0 Å². The summed E-state index contributed by atoms with van der Waals surface area (Å²) < 4.78 is 0. The van der Waals surface area contributed by atoms with Crippen LogP contribution >= 0.6 is 0 Å². The lowest BCUT2D eigenvalue weighted by atomic mass is 9.84. The Morgan fingerprint density at radius 3 is 2.17 bits per heavy atom. The van der Waals surface area contributed by atoms with Crippen molar-refractivity contribution in [1.82, 2.24) is 5.43 Å². The van der Waals surface area contributed by atoms with Crippen LogP contribution in [0.2, 0.25) is 0 Å². The minimum Gasteiger partial charge on any atom is -0.271 e. The molecular formula is C16H28N2. The van der Waals surface area contributed by atoms with Gasteiger partial charge in [-0.2, -0.15) is 0 Å². The first kappa shape index (κ1) is 15.2. The molecule has 0 aliphatic heterocycles. The van der Waals surface area contributed by atoms with Crippen LogP contribution in [0.1, 0.15) is 62.3 Å². The molecule has 1 unspecified atom stereocenters.